The van der Waals surface area contributed by atoms with Crippen LogP contribution in [-0.4, -0.2) is 19.4 Å². The molecule has 0 bridgehead atoms. The molecular formula is C14H18N2O3. The Balaban J connectivity index is 2.51. The van der Waals surface area contributed by atoms with Gasteiger partial charge in [-0.15, -0.1) is 0 Å². The first-order valence-electron chi connectivity index (χ1n) is 6.17. The molecule has 0 saturated carbocycles. The van der Waals surface area contributed by atoms with E-state index in [4.69, 9.17) is 19.7 Å². The first-order valence-corrected chi connectivity index (χ1v) is 6.17. The van der Waals surface area contributed by atoms with E-state index in [-0.39, 0.29) is 0 Å². The van der Waals surface area contributed by atoms with Crippen LogP contribution < -0.4 is 15.2 Å². The molecule has 1 aromatic heterocycles. The molecule has 0 spiro atoms. The van der Waals surface area contributed by atoms with Gasteiger partial charge in [-0.1, -0.05) is 18.5 Å². The number of ether oxygens (including phenoxy) is 2. The summed E-state index contributed by atoms with van der Waals surface area (Å²) in [4.78, 5) is 0. The molecule has 5 nitrogen and oxygen atoms in total. The minimum atomic E-state index is 0.443. The third kappa shape index (κ3) is 2.65. The summed E-state index contributed by atoms with van der Waals surface area (Å²) in [7, 11) is 3.22. The maximum Gasteiger partial charge on any atom is 0.172 e. The van der Waals surface area contributed by atoms with Gasteiger partial charge in [0.2, 0.25) is 0 Å². The van der Waals surface area contributed by atoms with Gasteiger partial charge < -0.3 is 19.7 Å². The Hall–Kier alpha value is -2.17. The minimum Gasteiger partial charge on any atom is -0.497 e. The van der Waals surface area contributed by atoms with Gasteiger partial charge in [0, 0.05) is 17.2 Å². The third-order valence-corrected chi connectivity index (χ3v) is 2.93. The molecule has 2 N–H and O–H groups in total. The van der Waals surface area contributed by atoms with Crippen molar-refractivity contribution in [1.82, 2.24) is 5.16 Å². The number of anilines is 1. The van der Waals surface area contributed by atoms with Crippen molar-refractivity contribution in [3.05, 3.63) is 23.8 Å². The summed E-state index contributed by atoms with van der Waals surface area (Å²) in [6.45, 7) is 2.09. The molecule has 0 unspecified atom stereocenters. The van der Waals surface area contributed by atoms with Crippen molar-refractivity contribution >= 4 is 5.82 Å². The molecular weight excluding hydrogens is 244 g/mol. The molecule has 0 saturated heterocycles. The van der Waals surface area contributed by atoms with Crippen LogP contribution in [0.1, 0.15) is 18.9 Å². The van der Waals surface area contributed by atoms with Crippen LogP contribution in [0.25, 0.3) is 11.3 Å². The number of benzene rings is 1. The summed E-state index contributed by atoms with van der Waals surface area (Å²) >= 11 is 0. The number of hydrogen-bond acceptors (Lipinski definition) is 5. The SMILES string of the molecule is CCCc1c(N)noc1-c1cc(OC)cc(OC)c1. The number of aromatic nitrogens is 1. The Morgan fingerprint density at radius 3 is 2.32 bits per heavy atom. The van der Waals surface area contributed by atoms with E-state index in [1.165, 1.54) is 0 Å². The van der Waals surface area contributed by atoms with Crippen LogP contribution >= 0.6 is 0 Å². The normalized spacial score (nSPS) is 10.5. The lowest BCUT2D eigenvalue weighted by Gasteiger charge is -2.07. The number of rotatable bonds is 5. The summed E-state index contributed by atoms with van der Waals surface area (Å²) < 4.78 is 15.9. The molecule has 1 aromatic carbocycles. The van der Waals surface area contributed by atoms with Crippen molar-refractivity contribution in [3.8, 4) is 22.8 Å². The van der Waals surface area contributed by atoms with E-state index in [0.29, 0.717) is 23.1 Å². The van der Waals surface area contributed by atoms with Crippen LogP contribution in [-0.2, 0) is 6.42 Å². The van der Waals surface area contributed by atoms with Gasteiger partial charge in [0.25, 0.3) is 0 Å². The van der Waals surface area contributed by atoms with Crippen molar-refractivity contribution in [2.75, 3.05) is 20.0 Å². The Morgan fingerprint density at radius 1 is 1.16 bits per heavy atom. The van der Waals surface area contributed by atoms with Crippen LogP contribution in [0.4, 0.5) is 5.82 Å². The third-order valence-electron chi connectivity index (χ3n) is 2.93. The fourth-order valence-corrected chi connectivity index (χ4v) is 1.98. The van der Waals surface area contributed by atoms with Crippen LogP contribution in [0.2, 0.25) is 0 Å². The van der Waals surface area contributed by atoms with Crippen LogP contribution in [0, 0.1) is 0 Å². The highest BCUT2D eigenvalue weighted by Crippen LogP contribution is 2.34. The highest BCUT2D eigenvalue weighted by atomic mass is 16.5. The smallest absolute Gasteiger partial charge is 0.172 e. The zero-order valence-corrected chi connectivity index (χ0v) is 11.4. The van der Waals surface area contributed by atoms with Crippen molar-refractivity contribution < 1.29 is 14.0 Å². The van der Waals surface area contributed by atoms with E-state index in [0.717, 1.165) is 24.0 Å². The van der Waals surface area contributed by atoms with Crippen LogP contribution in [0.15, 0.2) is 22.7 Å². The molecule has 0 radical (unpaired) electrons. The maximum absolute atomic E-state index is 5.84. The predicted molar refractivity (Wildman–Crippen MR) is 73.5 cm³/mol. The Morgan fingerprint density at radius 2 is 1.79 bits per heavy atom. The Bertz CT molecular complexity index is 542. The molecule has 2 rings (SSSR count). The van der Waals surface area contributed by atoms with E-state index in [1.54, 1.807) is 14.2 Å². The number of methoxy groups -OCH3 is 2. The molecule has 5 heteroatoms. The Kier molecular flexibility index (Phi) is 3.94. The number of nitrogens with two attached hydrogens (primary N) is 1. The highest BCUT2D eigenvalue weighted by Gasteiger charge is 2.16. The molecule has 0 atom stereocenters. The average molecular weight is 262 g/mol. The minimum absolute atomic E-state index is 0.443. The van der Waals surface area contributed by atoms with E-state index < -0.39 is 0 Å². The fraction of sp³-hybridized carbons (Fsp3) is 0.357. The van der Waals surface area contributed by atoms with Crippen molar-refractivity contribution in [3.63, 3.8) is 0 Å². The second kappa shape index (κ2) is 5.65. The summed E-state index contributed by atoms with van der Waals surface area (Å²) in [6, 6.07) is 5.56. The van der Waals surface area contributed by atoms with Gasteiger partial charge in [-0.2, -0.15) is 0 Å². The summed E-state index contributed by atoms with van der Waals surface area (Å²) in [6.07, 6.45) is 1.80. The van der Waals surface area contributed by atoms with Crippen LogP contribution in [0.3, 0.4) is 0 Å². The van der Waals surface area contributed by atoms with Gasteiger partial charge >= 0.3 is 0 Å². The van der Waals surface area contributed by atoms with Gasteiger partial charge in [-0.25, -0.2) is 0 Å². The van der Waals surface area contributed by atoms with E-state index >= 15 is 0 Å². The number of nitrogen functional groups attached to an aromatic ring is 1. The lowest BCUT2D eigenvalue weighted by molar-refractivity contribution is 0.393. The maximum atomic E-state index is 5.84. The molecule has 0 aliphatic heterocycles. The lowest BCUT2D eigenvalue weighted by atomic mass is 10.0. The average Bonchev–Trinajstić information content (AvgIpc) is 2.80. The van der Waals surface area contributed by atoms with E-state index in [2.05, 4.69) is 12.1 Å². The van der Waals surface area contributed by atoms with Crippen molar-refractivity contribution in [2.45, 2.75) is 19.8 Å². The molecule has 0 fully saturated rings. The number of nitrogens with zero attached hydrogens (tertiary/aromatic N) is 1. The van der Waals surface area contributed by atoms with Gasteiger partial charge in [0.15, 0.2) is 11.6 Å². The monoisotopic (exact) mass is 262 g/mol. The largest absolute Gasteiger partial charge is 0.497 e. The lowest BCUT2D eigenvalue weighted by Crippen LogP contribution is -1.93. The molecule has 19 heavy (non-hydrogen) atoms. The fourth-order valence-electron chi connectivity index (χ4n) is 1.98. The van der Waals surface area contributed by atoms with Gasteiger partial charge in [-0.05, 0) is 18.6 Å². The van der Waals surface area contributed by atoms with Crippen molar-refractivity contribution in [2.24, 2.45) is 0 Å². The molecule has 2 aromatic rings. The summed E-state index contributed by atoms with van der Waals surface area (Å²) in [5, 5.41) is 3.84. The zero-order chi connectivity index (χ0) is 13.8. The number of hydrogen-bond donors (Lipinski definition) is 1. The molecule has 0 amide bonds. The topological polar surface area (TPSA) is 70.5 Å². The van der Waals surface area contributed by atoms with Gasteiger partial charge in [0.05, 0.1) is 14.2 Å². The summed E-state index contributed by atoms with van der Waals surface area (Å²) in [5.74, 6) is 2.52. The molecule has 102 valence electrons. The molecule has 0 aliphatic carbocycles. The second-order valence-electron chi connectivity index (χ2n) is 4.23. The second-order valence-corrected chi connectivity index (χ2v) is 4.23. The first kappa shape index (κ1) is 13.3. The van der Waals surface area contributed by atoms with Crippen molar-refractivity contribution in [1.29, 1.82) is 0 Å². The van der Waals surface area contributed by atoms with Crippen LogP contribution in [0.5, 0.6) is 11.5 Å². The van der Waals surface area contributed by atoms with Gasteiger partial charge in [0.1, 0.15) is 11.5 Å². The molecule has 0 aliphatic rings. The van der Waals surface area contributed by atoms with E-state index in [1.807, 2.05) is 18.2 Å². The predicted octanol–water partition coefficient (Wildman–Crippen LogP) is 2.89. The van der Waals surface area contributed by atoms with E-state index in [9.17, 15) is 0 Å². The molecule has 1 heterocycles. The summed E-state index contributed by atoms with van der Waals surface area (Å²) in [5.41, 5.74) is 7.62. The first-order chi connectivity index (χ1) is 9.19. The Labute approximate surface area is 112 Å². The van der Waals surface area contributed by atoms with Gasteiger partial charge in [-0.3, -0.25) is 0 Å². The quantitative estimate of drug-likeness (QED) is 0.897. The highest BCUT2D eigenvalue weighted by molar-refractivity contribution is 5.69. The standard InChI is InChI=1S/C14H18N2O3/c1-4-5-12-13(19-16-14(12)15)9-6-10(17-2)8-11(7-9)18-3/h6-8H,4-5H2,1-3H3,(H2,15,16). The zero-order valence-electron chi connectivity index (χ0n) is 11.4.